The summed E-state index contributed by atoms with van der Waals surface area (Å²) in [6.45, 7) is 0. The van der Waals surface area contributed by atoms with Gasteiger partial charge in [0, 0.05) is 10.4 Å². The first-order chi connectivity index (χ1) is 5.25. The number of furan rings is 1. The average molecular weight is 164 g/mol. The number of hydrogen-bond donors (Lipinski definition) is 0. The fraction of sp³-hybridized carbons (Fsp3) is 0. The molecule has 0 atom stereocenters. The van der Waals surface area contributed by atoms with Gasteiger partial charge in [0.15, 0.2) is 7.85 Å². The van der Waals surface area contributed by atoms with E-state index in [0.29, 0.717) is 5.02 Å². The normalized spacial score (nSPS) is 10.6. The highest BCUT2D eigenvalue weighted by atomic mass is 35.5. The third-order valence-corrected chi connectivity index (χ3v) is 1.84. The SMILES string of the molecule is Bc1cc2ccc(Cl)cc2o1. The molecule has 0 aliphatic rings. The minimum atomic E-state index is 0.715. The molecular formula is C8H6BClO. The monoisotopic (exact) mass is 164 g/mol. The van der Waals surface area contributed by atoms with E-state index in [-0.39, 0.29) is 0 Å². The van der Waals surface area contributed by atoms with Crippen molar-refractivity contribution in [3.05, 3.63) is 29.3 Å². The molecule has 0 fully saturated rings. The van der Waals surface area contributed by atoms with Gasteiger partial charge >= 0.3 is 0 Å². The van der Waals surface area contributed by atoms with Gasteiger partial charge in [-0.05, 0) is 24.3 Å². The Kier molecular flexibility index (Phi) is 1.43. The van der Waals surface area contributed by atoms with Crippen molar-refractivity contribution in [3.8, 4) is 0 Å². The van der Waals surface area contributed by atoms with Gasteiger partial charge < -0.3 is 4.42 Å². The van der Waals surface area contributed by atoms with Crippen LogP contribution in [0.15, 0.2) is 28.7 Å². The molecule has 2 rings (SSSR count). The first-order valence-corrected chi connectivity index (χ1v) is 3.79. The topological polar surface area (TPSA) is 13.1 Å². The van der Waals surface area contributed by atoms with Crippen molar-refractivity contribution in [2.75, 3.05) is 0 Å². The van der Waals surface area contributed by atoms with Crippen LogP contribution in [0.4, 0.5) is 0 Å². The summed E-state index contributed by atoms with van der Waals surface area (Å²) in [4.78, 5) is 0. The highest BCUT2D eigenvalue weighted by Crippen LogP contribution is 2.18. The van der Waals surface area contributed by atoms with Crippen LogP contribution in [0.3, 0.4) is 0 Å². The molecule has 0 radical (unpaired) electrons. The number of benzene rings is 1. The molecule has 1 aromatic carbocycles. The zero-order valence-electron chi connectivity index (χ0n) is 6.10. The van der Waals surface area contributed by atoms with E-state index in [1.165, 1.54) is 0 Å². The van der Waals surface area contributed by atoms with E-state index in [4.69, 9.17) is 16.0 Å². The zero-order chi connectivity index (χ0) is 7.84. The fourth-order valence-electron chi connectivity index (χ4n) is 1.14. The van der Waals surface area contributed by atoms with Gasteiger partial charge in [0.1, 0.15) is 5.58 Å². The van der Waals surface area contributed by atoms with Gasteiger partial charge in [-0.15, -0.1) is 0 Å². The molecular weight excluding hydrogens is 158 g/mol. The van der Waals surface area contributed by atoms with Crippen molar-refractivity contribution in [1.82, 2.24) is 0 Å². The van der Waals surface area contributed by atoms with Crippen LogP contribution in [-0.2, 0) is 0 Å². The molecule has 0 spiro atoms. The standard InChI is InChI=1S/C8H6BClO/c9-8-3-5-1-2-6(10)4-7(5)11-8/h1-4H,9H2. The van der Waals surface area contributed by atoms with Gasteiger partial charge in [-0.2, -0.15) is 0 Å². The predicted octanol–water partition coefficient (Wildman–Crippen LogP) is 1.34. The quantitative estimate of drug-likeness (QED) is 0.536. The Morgan fingerprint density at radius 2 is 2.09 bits per heavy atom. The Bertz CT molecular complexity index is 394. The average Bonchev–Trinajstić information content (AvgIpc) is 2.27. The maximum atomic E-state index is 5.77. The second-order valence-electron chi connectivity index (χ2n) is 2.54. The molecule has 3 heteroatoms. The van der Waals surface area contributed by atoms with Crippen LogP contribution < -0.4 is 5.66 Å². The van der Waals surface area contributed by atoms with Crippen molar-refractivity contribution in [3.63, 3.8) is 0 Å². The summed E-state index contributed by atoms with van der Waals surface area (Å²) in [5.74, 6) is 0. The van der Waals surface area contributed by atoms with E-state index in [2.05, 4.69) is 0 Å². The lowest BCUT2D eigenvalue weighted by atomic mass is 10.1. The van der Waals surface area contributed by atoms with Crippen LogP contribution in [0.1, 0.15) is 0 Å². The van der Waals surface area contributed by atoms with Crippen molar-refractivity contribution in [1.29, 1.82) is 0 Å². The van der Waals surface area contributed by atoms with Crippen LogP contribution in [0.5, 0.6) is 0 Å². The Hall–Kier alpha value is -0.885. The molecule has 0 N–H and O–H groups in total. The summed E-state index contributed by atoms with van der Waals surface area (Å²) in [5, 5.41) is 1.82. The summed E-state index contributed by atoms with van der Waals surface area (Å²) in [6.07, 6.45) is 0. The Labute approximate surface area is 70.4 Å². The smallest absolute Gasteiger partial charge is 0.186 e. The molecule has 0 saturated carbocycles. The van der Waals surface area contributed by atoms with Gasteiger partial charge in [0.25, 0.3) is 0 Å². The second kappa shape index (κ2) is 2.31. The third-order valence-electron chi connectivity index (χ3n) is 1.61. The summed E-state index contributed by atoms with van der Waals surface area (Å²) in [6, 6.07) is 7.63. The van der Waals surface area contributed by atoms with Gasteiger partial charge in [-0.1, -0.05) is 11.6 Å². The predicted molar refractivity (Wildman–Crippen MR) is 49.4 cm³/mol. The molecule has 0 amide bonds. The van der Waals surface area contributed by atoms with Crippen LogP contribution >= 0.6 is 11.6 Å². The molecule has 54 valence electrons. The maximum Gasteiger partial charge on any atom is 0.186 e. The number of hydrogen-bond acceptors (Lipinski definition) is 1. The Morgan fingerprint density at radius 3 is 2.91 bits per heavy atom. The summed E-state index contributed by atoms with van der Waals surface area (Å²) < 4.78 is 5.36. The lowest BCUT2D eigenvalue weighted by Crippen LogP contribution is -1.92. The number of rotatable bonds is 0. The lowest BCUT2D eigenvalue weighted by molar-refractivity contribution is 0.653. The van der Waals surface area contributed by atoms with Crippen molar-refractivity contribution in [2.45, 2.75) is 0 Å². The van der Waals surface area contributed by atoms with Crippen LogP contribution in [0, 0.1) is 0 Å². The zero-order valence-corrected chi connectivity index (χ0v) is 6.85. The molecule has 0 saturated heterocycles. The first kappa shape index (κ1) is 6.80. The van der Waals surface area contributed by atoms with Crippen LogP contribution in [0.25, 0.3) is 11.0 Å². The Balaban J connectivity index is 2.82. The van der Waals surface area contributed by atoms with E-state index in [0.717, 1.165) is 16.6 Å². The van der Waals surface area contributed by atoms with Crippen molar-refractivity contribution in [2.24, 2.45) is 0 Å². The summed E-state index contributed by atoms with van der Waals surface area (Å²) in [5.41, 5.74) is 1.78. The van der Waals surface area contributed by atoms with Gasteiger partial charge in [-0.25, -0.2) is 0 Å². The highest BCUT2D eigenvalue weighted by Gasteiger charge is 1.98. The van der Waals surface area contributed by atoms with Gasteiger partial charge in [0.2, 0.25) is 0 Å². The maximum absolute atomic E-state index is 5.77. The minimum absolute atomic E-state index is 0.715. The van der Waals surface area contributed by atoms with E-state index < -0.39 is 0 Å². The van der Waals surface area contributed by atoms with Crippen LogP contribution in [0.2, 0.25) is 5.02 Å². The molecule has 1 nitrogen and oxygen atoms in total. The molecule has 1 aromatic heterocycles. The first-order valence-electron chi connectivity index (χ1n) is 3.41. The van der Waals surface area contributed by atoms with Crippen molar-refractivity contribution >= 4 is 36.1 Å². The molecule has 2 aromatic rings. The van der Waals surface area contributed by atoms with E-state index >= 15 is 0 Å². The van der Waals surface area contributed by atoms with Crippen molar-refractivity contribution < 1.29 is 4.42 Å². The number of halogens is 1. The molecule has 11 heavy (non-hydrogen) atoms. The van der Waals surface area contributed by atoms with E-state index in [1.54, 1.807) is 0 Å². The summed E-state index contributed by atoms with van der Waals surface area (Å²) in [7, 11) is 1.92. The van der Waals surface area contributed by atoms with Gasteiger partial charge in [0.05, 0.1) is 5.66 Å². The lowest BCUT2D eigenvalue weighted by Gasteiger charge is -1.87. The van der Waals surface area contributed by atoms with E-state index in [1.807, 2.05) is 32.1 Å². The van der Waals surface area contributed by atoms with E-state index in [9.17, 15) is 0 Å². The molecule has 0 unspecified atom stereocenters. The fourth-order valence-corrected chi connectivity index (χ4v) is 1.30. The second-order valence-corrected chi connectivity index (χ2v) is 2.98. The number of fused-ring (bicyclic) bond motifs is 1. The molecule has 1 heterocycles. The molecule has 0 bridgehead atoms. The molecule has 0 aliphatic heterocycles. The Morgan fingerprint density at radius 1 is 1.27 bits per heavy atom. The molecule has 0 aliphatic carbocycles. The summed E-state index contributed by atoms with van der Waals surface area (Å²) >= 11 is 5.77. The van der Waals surface area contributed by atoms with Gasteiger partial charge in [-0.3, -0.25) is 0 Å². The largest absolute Gasteiger partial charge is 0.472 e. The van der Waals surface area contributed by atoms with Crippen LogP contribution in [-0.4, -0.2) is 7.85 Å². The minimum Gasteiger partial charge on any atom is -0.472 e. The third kappa shape index (κ3) is 1.14. The highest BCUT2D eigenvalue weighted by molar-refractivity contribution is 6.32.